The van der Waals surface area contributed by atoms with Crippen molar-refractivity contribution in [2.24, 2.45) is 5.92 Å². The molecule has 1 aliphatic rings. The van der Waals surface area contributed by atoms with Crippen molar-refractivity contribution in [2.75, 3.05) is 6.61 Å². The van der Waals surface area contributed by atoms with Crippen molar-refractivity contribution in [3.63, 3.8) is 0 Å². The molecule has 0 aliphatic heterocycles. The quantitative estimate of drug-likeness (QED) is 0.472. The molecule has 2 aromatic carbocycles. The molecule has 0 bridgehead atoms. The van der Waals surface area contributed by atoms with E-state index in [4.69, 9.17) is 4.74 Å². The van der Waals surface area contributed by atoms with E-state index in [1.54, 1.807) is 12.1 Å². The highest BCUT2D eigenvalue weighted by Crippen LogP contribution is 2.39. The second kappa shape index (κ2) is 9.49. The average Bonchev–Trinajstić information content (AvgIpc) is 2.70. The van der Waals surface area contributed by atoms with Crippen molar-refractivity contribution in [3.05, 3.63) is 53.3 Å². The highest BCUT2D eigenvalue weighted by molar-refractivity contribution is 5.66. The van der Waals surface area contributed by atoms with Crippen molar-refractivity contribution in [3.8, 4) is 16.9 Å². The third-order valence-corrected chi connectivity index (χ3v) is 5.80. The van der Waals surface area contributed by atoms with Gasteiger partial charge in [-0.25, -0.2) is 8.78 Å². The second-order valence-electron chi connectivity index (χ2n) is 7.83. The van der Waals surface area contributed by atoms with Crippen LogP contribution in [-0.4, -0.2) is 6.61 Å². The monoisotopic (exact) mass is 390 g/mol. The molecule has 2 aromatic rings. The normalized spacial score (nSPS) is 19.6. The molecule has 0 heterocycles. The predicted molar refractivity (Wildman–Crippen MR) is 107 cm³/mol. The van der Waals surface area contributed by atoms with Crippen LogP contribution < -0.4 is 4.74 Å². The lowest BCUT2D eigenvalue weighted by Gasteiger charge is -2.29. The standard InChI is InChI=1S/C24H29F3O/c1-3-5-16-6-8-17(9-7-16)19-11-10-18(15-21(19)25)20-12-13-22(28-14-4-2)24(27)23(20)26/h10-13,15-17H,3-9,14H2,1-2H3. The first-order valence-electron chi connectivity index (χ1n) is 10.5. The van der Waals surface area contributed by atoms with Gasteiger partial charge >= 0.3 is 0 Å². The Morgan fingerprint density at radius 2 is 1.64 bits per heavy atom. The number of halogens is 3. The molecule has 3 rings (SSSR count). The van der Waals surface area contributed by atoms with Crippen LogP contribution in [0.5, 0.6) is 5.75 Å². The number of hydrogen-bond donors (Lipinski definition) is 0. The molecule has 0 atom stereocenters. The van der Waals surface area contributed by atoms with Gasteiger partial charge < -0.3 is 4.74 Å². The first-order valence-corrected chi connectivity index (χ1v) is 10.5. The third kappa shape index (κ3) is 4.53. The topological polar surface area (TPSA) is 9.23 Å². The Balaban J connectivity index is 1.78. The number of hydrogen-bond acceptors (Lipinski definition) is 1. The van der Waals surface area contributed by atoms with Crippen molar-refractivity contribution in [1.82, 2.24) is 0 Å². The van der Waals surface area contributed by atoms with Gasteiger partial charge in [0.2, 0.25) is 5.82 Å². The highest BCUT2D eigenvalue weighted by Gasteiger charge is 2.24. The van der Waals surface area contributed by atoms with E-state index < -0.39 is 11.6 Å². The van der Waals surface area contributed by atoms with E-state index in [0.717, 1.165) is 31.6 Å². The molecular formula is C24H29F3O. The Hall–Kier alpha value is -1.97. The number of ether oxygens (including phenoxy) is 1. The molecule has 0 N–H and O–H groups in total. The van der Waals surface area contributed by atoms with Crippen LogP contribution >= 0.6 is 0 Å². The van der Waals surface area contributed by atoms with E-state index >= 15 is 0 Å². The van der Waals surface area contributed by atoms with Crippen LogP contribution in [0.1, 0.15) is 70.3 Å². The summed E-state index contributed by atoms with van der Waals surface area (Å²) in [6, 6.07) is 7.63. The maximum absolute atomic E-state index is 14.8. The number of rotatable bonds is 7. The fourth-order valence-corrected chi connectivity index (χ4v) is 4.27. The largest absolute Gasteiger partial charge is 0.490 e. The van der Waals surface area contributed by atoms with E-state index in [9.17, 15) is 13.2 Å². The van der Waals surface area contributed by atoms with Gasteiger partial charge in [-0.3, -0.25) is 0 Å². The van der Waals surface area contributed by atoms with Gasteiger partial charge in [-0.1, -0.05) is 38.8 Å². The fraction of sp³-hybridized carbons (Fsp3) is 0.500. The summed E-state index contributed by atoms with van der Waals surface area (Å²) < 4.78 is 48.8. The van der Waals surface area contributed by atoms with Crippen molar-refractivity contribution >= 4 is 0 Å². The first kappa shape index (κ1) is 20.8. The lowest BCUT2D eigenvalue weighted by Crippen LogP contribution is -2.14. The average molecular weight is 390 g/mol. The Bertz CT molecular complexity index is 795. The smallest absolute Gasteiger partial charge is 0.201 e. The predicted octanol–water partition coefficient (Wildman–Crippen LogP) is 7.63. The first-order chi connectivity index (χ1) is 13.5. The van der Waals surface area contributed by atoms with Gasteiger partial charge in [0.05, 0.1) is 6.61 Å². The molecule has 1 saturated carbocycles. The molecule has 1 aliphatic carbocycles. The number of benzene rings is 2. The summed E-state index contributed by atoms with van der Waals surface area (Å²) in [6.07, 6.45) is 7.41. The molecule has 1 fully saturated rings. The van der Waals surface area contributed by atoms with Crippen molar-refractivity contribution in [1.29, 1.82) is 0 Å². The molecule has 0 radical (unpaired) electrons. The minimum Gasteiger partial charge on any atom is -0.490 e. The van der Waals surface area contributed by atoms with E-state index in [0.29, 0.717) is 24.2 Å². The SMILES string of the molecule is CCCOc1ccc(-c2ccc(C3CCC(CCC)CC3)c(F)c2)c(F)c1F. The van der Waals surface area contributed by atoms with Gasteiger partial charge in [0, 0.05) is 5.56 Å². The third-order valence-electron chi connectivity index (χ3n) is 5.80. The molecule has 0 saturated heterocycles. The van der Waals surface area contributed by atoms with Gasteiger partial charge in [0.25, 0.3) is 0 Å². The van der Waals surface area contributed by atoms with Gasteiger partial charge in [0.15, 0.2) is 11.6 Å². The van der Waals surface area contributed by atoms with Crippen LogP contribution in [0.2, 0.25) is 0 Å². The Morgan fingerprint density at radius 1 is 0.893 bits per heavy atom. The molecular weight excluding hydrogens is 361 g/mol. The zero-order valence-corrected chi connectivity index (χ0v) is 16.7. The van der Waals surface area contributed by atoms with Gasteiger partial charge in [-0.15, -0.1) is 0 Å². The summed E-state index contributed by atoms with van der Waals surface area (Å²) in [5.74, 6) is -1.49. The summed E-state index contributed by atoms with van der Waals surface area (Å²) in [6.45, 7) is 4.41. The Labute approximate surface area is 165 Å². The van der Waals surface area contributed by atoms with E-state index in [2.05, 4.69) is 6.92 Å². The van der Waals surface area contributed by atoms with E-state index in [-0.39, 0.29) is 23.0 Å². The van der Waals surface area contributed by atoms with Gasteiger partial charge in [-0.2, -0.15) is 4.39 Å². The van der Waals surface area contributed by atoms with Crippen LogP contribution in [-0.2, 0) is 0 Å². The molecule has 152 valence electrons. The van der Waals surface area contributed by atoms with Crippen molar-refractivity contribution in [2.45, 2.75) is 64.7 Å². The van der Waals surface area contributed by atoms with Crippen LogP contribution in [0.3, 0.4) is 0 Å². The highest BCUT2D eigenvalue weighted by atomic mass is 19.2. The maximum Gasteiger partial charge on any atom is 0.201 e. The van der Waals surface area contributed by atoms with E-state index in [1.807, 2.05) is 6.92 Å². The Morgan fingerprint density at radius 3 is 2.29 bits per heavy atom. The molecule has 28 heavy (non-hydrogen) atoms. The summed E-state index contributed by atoms with van der Waals surface area (Å²) in [4.78, 5) is 0. The lowest BCUT2D eigenvalue weighted by molar-refractivity contribution is 0.295. The second-order valence-corrected chi connectivity index (χ2v) is 7.83. The fourth-order valence-electron chi connectivity index (χ4n) is 4.27. The summed E-state index contributed by atoms with van der Waals surface area (Å²) in [5.41, 5.74) is 1.10. The molecule has 1 nitrogen and oxygen atoms in total. The van der Waals surface area contributed by atoms with Crippen LogP contribution in [0.4, 0.5) is 13.2 Å². The Kier molecular flexibility index (Phi) is 7.03. The van der Waals surface area contributed by atoms with Gasteiger partial charge in [-0.05, 0) is 73.3 Å². The van der Waals surface area contributed by atoms with Crippen LogP contribution in [0.15, 0.2) is 30.3 Å². The van der Waals surface area contributed by atoms with Crippen LogP contribution in [0, 0.1) is 23.4 Å². The van der Waals surface area contributed by atoms with Crippen LogP contribution in [0.25, 0.3) is 11.1 Å². The molecule has 4 heteroatoms. The molecule has 0 aromatic heterocycles. The van der Waals surface area contributed by atoms with Gasteiger partial charge in [0.1, 0.15) is 5.82 Å². The summed E-state index contributed by atoms with van der Waals surface area (Å²) in [5, 5.41) is 0. The zero-order chi connectivity index (χ0) is 20.1. The summed E-state index contributed by atoms with van der Waals surface area (Å²) >= 11 is 0. The maximum atomic E-state index is 14.8. The molecule has 0 spiro atoms. The zero-order valence-electron chi connectivity index (χ0n) is 16.7. The van der Waals surface area contributed by atoms with E-state index in [1.165, 1.54) is 31.0 Å². The summed E-state index contributed by atoms with van der Waals surface area (Å²) in [7, 11) is 0. The molecule has 0 unspecified atom stereocenters. The minimum atomic E-state index is -1.02. The van der Waals surface area contributed by atoms with Crippen molar-refractivity contribution < 1.29 is 17.9 Å². The lowest BCUT2D eigenvalue weighted by atomic mass is 9.77. The molecule has 0 amide bonds. The minimum absolute atomic E-state index is 0.0541.